The Morgan fingerprint density at radius 2 is 1.82 bits per heavy atom. The number of fused-ring (bicyclic) bond motifs is 1. The number of nitrogens with zero attached hydrogens (tertiary/aromatic N) is 1. The number of morpholine rings is 1. The number of hydrogen-bond donors (Lipinski definition) is 3. The SMILES string of the molecule is O=C(/C=C/c1c[nH]c2ccccc12)OCCN1CCOCC1.O=C(O)C(=O)O. The number of para-hydroxylation sites is 1. The molecule has 3 rings (SSSR count). The largest absolute Gasteiger partial charge is 0.473 e. The third kappa shape index (κ3) is 6.86. The number of carboxylic acids is 2. The molecule has 9 nitrogen and oxygen atoms in total. The maximum absolute atomic E-state index is 11.8. The third-order valence-electron chi connectivity index (χ3n) is 3.96. The molecule has 0 atom stereocenters. The van der Waals surface area contributed by atoms with E-state index in [9.17, 15) is 4.79 Å². The summed E-state index contributed by atoms with van der Waals surface area (Å²) >= 11 is 0. The Bertz CT molecular complexity index is 826. The fourth-order valence-electron chi connectivity index (χ4n) is 2.54. The molecule has 1 fully saturated rings. The average molecular weight is 390 g/mol. The highest BCUT2D eigenvalue weighted by Crippen LogP contribution is 2.18. The first kappa shape index (κ1) is 21.1. The van der Waals surface area contributed by atoms with Gasteiger partial charge in [-0.05, 0) is 12.1 Å². The molecule has 28 heavy (non-hydrogen) atoms. The topological polar surface area (TPSA) is 129 Å². The molecule has 0 saturated carbocycles. The predicted octanol–water partition coefficient (Wildman–Crippen LogP) is 1.21. The first-order valence-electron chi connectivity index (χ1n) is 8.64. The van der Waals surface area contributed by atoms with Crippen molar-refractivity contribution in [1.82, 2.24) is 9.88 Å². The lowest BCUT2D eigenvalue weighted by Crippen LogP contribution is -2.38. The summed E-state index contributed by atoms with van der Waals surface area (Å²) in [7, 11) is 0. The molecule has 1 aliphatic heterocycles. The van der Waals surface area contributed by atoms with Gasteiger partial charge in [0.1, 0.15) is 6.61 Å². The van der Waals surface area contributed by atoms with Crippen molar-refractivity contribution in [3.8, 4) is 0 Å². The molecular formula is C19H22N2O7. The monoisotopic (exact) mass is 390 g/mol. The molecular weight excluding hydrogens is 368 g/mol. The lowest BCUT2D eigenvalue weighted by Gasteiger charge is -2.25. The summed E-state index contributed by atoms with van der Waals surface area (Å²) in [5, 5.41) is 15.9. The first-order valence-corrected chi connectivity index (χ1v) is 8.64. The minimum Gasteiger partial charge on any atom is -0.473 e. The van der Waals surface area contributed by atoms with Crippen LogP contribution in [0.25, 0.3) is 17.0 Å². The van der Waals surface area contributed by atoms with Crippen LogP contribution in [-0.2, 0) is 23.9 Å². The van der Waals surface area contributed by atoms with Crippen LogP contribution in [-0.4, -0.2) is 77.5 Å². The molecule has 1 saturated heterocycles. The smallest absolute Gasteiger partial charge is 0.414 e. The predicted molar refractivity (Wildman–Crippen MR) is 101 cm³/mol. The lowest BCUT2D eigenvalue weighted by molar-refractivity contribution is -0.159. The van der Waals surface area contributed by atoms with Gasteiger partial charge in [-0.25, -0.2) is 14.4 Å². The van der Waals surface area contributed by atoms with Crippen LogP contribution < -0.4 is 0 Å². The quantitative estimate of drug-likeness (QED) is 0.395. The highest BCUT2D eigenvalue weighted by Gasteiger charge is 2.10. The summed E-state index contributed by atoms with van der Waals surface area (Å²) in [6.45, 7) is 4.50. The summed E-state index contributed by atoms with van der Waals surface area (Å²) in [4.78, 5) is 35.4. The van der Waals surface area contributed by atoms with E-state index in [0.717, 1.165) is 49.3 Å². The van der Waals surface area contributed by atoms with Gasteiger partial charge in [-0.1, -0.05) is 18.2 Å². The fourth-order valence-corrected chi connectivity index (χ4v) is 2.54. The Hall–Kier alpha value is -3.17. The number of hydrogen-bond acceptors (Lipinski definition) is 6. The van der Waals surface area contributed by atoms with E-state index < -0.39 is 11.9 Å². The van der Waals surface area contributed by atoms with E-state index in [2.05, 4.69) is 9.88 Å². The van der Waals surface area contributed by atoms with Crippen molar-refractivity contribution in [2.24, 2.45) is 0 Å². The van der Waals surface area contributed by atoms with Crippen molar-refractivity contribution in [2.45, 2.75) is 0 Å². The van der Waals surface area contributed by atoms with Crippen LogP contribution >= 0.6 is 0 Å². The van der Waals surface area contributed by atoms with E-state index in [4.69, 9.17) is 29.3 Å². The number of aromatic nitrogens is 1. The molecule has 2 heterocycles. The minimum atomic E-state index is -1.82. The van der Waals surface area contributed by atoms with Gasteiger partial charge in [-0.2, -0.15) is 0 Å². The number of rotatable bonds is 5. The van der Waals surface area contributed by atoms with Crippen LogP contribution in [0.2, 0.25) is 0 Å². The van der Waals surface area contributed by atoms with E-state index in [1.165, 1.54) is 6.08 Å². The molecule has 150 valence electrons. The van der Waals surface area contributed by atoms with Gasteiger partial charge in [0.15, 0.2) is 0 Å². The Labute approximate surface area is 161 Å². The van der Waals surface area contributed by atoms with Gasteiger partial charge in [0.25, 0.3) is 0 Å². The third-order valence-corrected chi connectivity index (χ3v) is 3.96. The number of aliphatic carboxylic acids is 2. The van der Waals surface area contributed by atoms with Crippen LogP contribution in [0.3, 0.4) is 0 Å². The second-order valence-corrected chi connectivity index (χ2v) is 5.85. The lowest BCUT2D eigenvalue weighted by atomic mass is 10.1. The van der Waals surface area contributed by atoms with Crippen LogP contribution in [0.1, 0.15) is 5.56 Å². The van der Waals surface area contributed by atoms with E-state index in [1.807, 2.05) is 30.5 Å². The first-order chi connectivity index (χ1) is 13.5. The standard InChI is InChI=1S/C17H20N2O3.C2H2O4/c20-17(22-12-9-19-7-10-21-11-8-19)6-5-14-13-18-16-4-2-1-3-15(14)16;3-1(4)2(5)6/h1-6,13,18H,7-12H2;(H,3,4)(H,5,6)/b6-5+;. The van der Waals surface area contributed by atoms with E-state index >= 15 is 0 Å². The second-order valence-electron chi connectivity index (χ2n) is 5.85. The molecule has 0 bridgehead atoms. The van der Waals surface area contributed by atoms with Crippen LogP contribution in [0.5, 0.6) is 0 Å². The molecule has 9 heteroatoms. The van der Waals surface area contributed by atoms with Gasteiger partial charge in [0.2, 0.25) is 0 Å². The molecule has 1 aromatic carbocycles. The molecule has 1 aliphatic rings. The van der Waals surface area contributed by atoms with Gasteiger partial charge >= 0.3 is 17.9 Å². The molecule has 0 aliphatic carbocycles. The van der Waals surface area contributed by atoms with Crippen molar-refractivity contribution in [3.63, 3.8) is 0 Å². The van der Waals surface area contributed by atoms with Crippen LogP contribution in [0.15, 0.2) is 36.5 Å². The molecule has 2 aromatic rings. The molecule has 3 N–H and O–H groups in total. The summed E-state index contributed by atoms with van der Waals surface area (Å²) in [6, 6.07) is 7.99. The highest BCUT2D eigenvalue weighted by molar-refractivity contribution is 6.27. The zero-order chi connectivity index (χ0) is 20.4. The number of benzene rings is 1. The Kier molecular flexibility index (Phi) is 8.19. The Morgan fingerprint density at radius 1 is 1.14 bits per heavy atom. The van der Waals surface area contributed by atoms with Gasteiger partial charge < -0.3 is 24.7 Å². The van der Waals surface area contributed by atoms with Gasteiger partial charge in [0, 0.05) is 48.4 Å². The number of ether oxygens (including phenoxy) is 2. The van der Waals surface area contributed by atoms with Crippen LogP contribution in [0.4, 0.5) is 0 Å². The molecule has 0 radical (unpaired) electrons. The van der Waals surface area contributed by atoms with Gasteiger partial charge in [0.05, 0.1) is 13.2 Å². The molecule has 0 amide bonds. The summed E-state index contributed by atoms with van der Waals surface area (Å²) in [6.07, 6.45) is 5.16. The number of H-pyrrole nitrogens is 1. The number of carbonyl (C=O) groups is 3. The average Bonchev–Trinajstić information content (AvgIpc) is 3.11. The normalized spacial score (nSPS) is 14.4. The zero-order valence-electron chi connectivity index (χ0n) is 15.2. The number of aromatic amines is 1. The summed E-state index contributed by atoms with van der Waals surface area (Å²) in [5.41, 5.74) is 2.04. The van der Waals surface area contributed by atoms with Crippen molar-refractivity contribution >= 4 is 34.9 Å². The van der Waals surface area contributed by atoms with Crippen LogP contribution in [0, 0.1) is 0 Å². The van der Waals surface area contributed by atoms with Crippen molar-refractivity contribution in [1.29, 1.82) is 0 Å². The number of carbonyl (C=O) groups excluding carboxylic acids is 1. The Balaban J connectivity index is 0.000000409. The van der Waals surface area contributed by atoms with E-state index in [-0.39, 0.29) is 5.97 Å². The van der Waals surface area contributed by atoms with E-state index in [1.54, 1.807) is 6.08 Å². The van der Waals surface area contributed by atoms with Gasteiger partial charge in [-0.15, -0.1) is 0 Å². The zero-order valence-corrected chi connectivity index (χ0v) is 15.2. The number of nitrogens with one attached hydrogen (secondary N) is 1. The van der Waals surface area contributed by atoms with Crippen molar-refractivity contribution < 1.29 is 34.1 Å². The highest BCUT2D eigenvalue weighted by atomic mass is 16.5. The maximum Gasteiger partial charge on any atom is 0.414 e. The summed E-state index contributed by atoms with van der Waals surface area (Å²) in [5.74, 6) is -3.96. The molecule has 1 aromatic heterocycles. The number of carboxylic acid groups (broad SMARTS) is 2. The molecule has 0 unspecified atom stereocenters. The minimum absolute atomic E-state index is 0.307. The fraction of sp³-hybridized carbons (Fsp3) is 0.316. The van der Waals surface area contributed by atoms with Crippen molar-refractivity contribution in [2.75, 3.05) is 39.5 Å². The molecule has 0 spiro atoms. The van der Waals surface area contributed by atoms with Crippen molar-refractivity contribution in [3.05, 3.63) is 42.1 Å². The second kappa shape index (κ2) is 10.9. The summed E-state index contributed by atoms with van der Waals surface area (Å²) < 4.78 is 10.5. The number of esters is 1. The van der Waals surface area contributed by atoms with Gasteiger partial charge in [-0.3, -0.25) is 4.90 Å². The maximum atomic E-state index is 11.8. The van der Waals surface area contributed by atoms with E-state index in [0.29, 0.717) is 6.61 Å². The Morgan fingerprint density at radius 3 is 2.50 bits per heavy atom.